The molecule has 0 radical (unpaired) electrons. The Hall–Kier alpha value is -1.28. The third-order valence-electron chi connectivity index (χ3n) is 2.79. The van der Waals surface area contributed by atoms with E-state index in [1.54, 1.807) is 0 Å². The zero-order chi connectivity index (χ0) is 13.0. The van der Waals surface area contributed by atoms with Crippen molar-refractivity contribution in [2.45, 2.75) is 18.6 Å². The van der Waals surface area contributed by atoms with Gasteiger partial charge in [-0.05, 0) is 6.42 Å². The van der Waals surface area contributed by atoms with Crippen LogP contribution in [0, 0.1) is 0 Å². The van der Waals surface area contributed by atoms with Gasteiger partial charge in [-0.25, -0.2) is 5.84 Å². The van der Waals surface area contributed by atoms with Gasteiger partial charge in [0.05, 0.1) is 7.11 Å². The van der Waals surface area contributed by atoms with Crippen LogP contribution in [0.25, 0.3) is 0 Å². The predicted octanol–water partition coefficient (Wildman–Crippen LogP) is 0.498. The molecule has 2 rings (SSSR count). The summed E-state index contributed by atoms with van der Waals surface area (Å²) < 4.78 is 5.05. The molecule has 1 aliphatic heterocycles. The topological polar surface area (TPSA) is 89.2 Å². The fourth-order valence-electron chi connectivity index (χ4n) is 1.79. The molecule has 0 saturated carbocycles. The van der Waals surface area contributed by atoms with Gasteiger partial charge in [0.25, 0.3) is 0 Å². The van der Waals surface area contributed by atoms with Gasteiger partial charge in [-0.3, -0.25) is 5.43 Å². The zero-order valence-electron chi connectivity index (χ0n) is 10.6. The van der Waals surface area contributed by atoms with E-state index in [1.165, 1.54) is 7.11 Å². The summed E-state index contributed by atoms with van der Waals surface area (Å²) in [4.78, 5) is 14.7. The summed E-state index contributed by atoms with van der Waals surface area (Å²) in [6.07, 6.45) is 1.14. The van der Waals surface area contributed by atoms with Crippen molar-refractivity contribution >= 4 is 23.7 Å². The van der Waals surface area contributed by atoms with Crippen molar-refractivity contribution in [1.29, 1.82) is 0 Å². The highest BCUT2D eigenvalue weighted by Gasteiger charge is 2.22. The van der Waals surface area contributed by atoms with E-state index in [9.17, 15) is 0 Å². The Kier molecular flexibility index (Phi) is 4.43. The number of nitrogens with one attached hydrogen (secondary N) is 1. The molecule has 7 nitrogen and oxygen atoms in total. The van der Waals surface area contributed by atoms with Crippen molar-refractivity contribution in [3.05, 3.63) is 0 Å². The van der Waals surface area contributed by atoms with Crippen LogP contribution in [-0.4, -0.2) is 46.2 Å². The SMILES string of the molecule is CCC1CN(c2nc(NN)nc(OC)n2)CCS1. The van der Waals surface area contributed by atoms with E-state index in [0.717, 1.165) is 25.3 Å². The molecule has 0 aromatic carbocycles. The number of nitrogen functional groups attached to an aromatic ring is 1. The van der Waals surface area contributed by atoms with Crippen LogP contribution in [0.4, 0.5) is 11.9 Å². The minimum absolute atomic E-state index is 0.277. The molecule has 100 valence electrons. The molecule has 18 heavy (non-hydrogen) atoms. The average molecular weight is 270 g/mol. The van der Waals surface area contributed by atoms with Gasteiger partial charge in [0.15, 0.2) is 0 Å². The summed E-state index contributed by atoms with van der Waals surface area (Å²) in [5.74, 6) is 7.37. The molecular weight excluding hydrogens is 252 g/mol. The molecule has 1 saturated heterocycles. The second-order valence-electron chi connectivity index (χ2n) is 3.94. The number of thioether (sulfide) groups is 1. The van der Waals surface area contributed by atoms with Gasteiger partial charge in [-0.15, -0.1) is 0 Å². The lowest BCUT2D eigenvalue weighted by molar-refractivity contribution is 0.378. The first-order valence-corrected chi connectivity index (χ1v) is 6.95. The number of anilines is 2. The van der Waals surface area contributed by atoms with Crippen LogP contribution < -0.4 is 20.9 Å². The molecule has 1 aliphatic rings. The van der Waals surface area contributed by atoms with E-state index in [0.29, 0.717) is 17.1 Å². The predicted molar refractivity (Wildman–Crippen MR) is 72.9 cm³/mol. The normalized spacial score (nSPS) is 19.7. The van der Waals surface area contributed by atoms with Crippen LogP contribution in [0.3, 0.4) is 0 Å². The maximum atomic E-state index is 5.34. The van der Waals surface area contributed by atoms with Gasteiger partial charge in [-0.1, -0.05) is 6.92 Å². The molecule has 8 heteroatoms. The Labute approximate surface area is 110 Å². The number of nitrogens with zero attached hydrogens (tertiary/aromatic N) is 4. The summed E-state index contributed by atoms with van der Waals surface area (Å²) in [6.45, 7) is 4.07. The monoisotopic (exact) mass is 270 g/mol. The van der Waals surface area contributed by atoms with Crippen LogP contribution in [0.5, 0.6) is 6.01 Å². The summed E-state index contributed by atoms with van der Waals surface area (Å²) in [6, 6.07) is 0.277. The molecule has 1 aromatic rings. The summed E-state index contributed by atoms with van der Waals surface area (Å²) in [5.41, 5.74) is 2.43. The second-order valence-corrected chi connectivity index (χ2v) is 5.35. The number of hydrogen-bond donors (Lipinski definition) is 2. The van der Waals surface area contributed by atoms with E-state index in [4.69, 9.17) is 10.6 Å². The summed E-state index contributed by atoms with van der Waals surface area (Å²) in [7, 11) is 1.53. The highest BCUT2D eigenvalue weighted by Crippen LogP contribution is 2.24. The summed E-state index contributed by atoms with van der Waals surface area (Å²) in [5, 5.41) is 0.621. The van der Waals surface area contributed by atoms with Crippen molar-refractivity contribution in [2.75, 3.05) is 36.3 Å². The van der Waals surface area contributed by atoms with Crippen LogP contribution in [0.1, 0.15) is 13.3 Å². The number of ether oxygens (including phenoxy) is 1. The van der Waals surface area contributed by atoms with Gasteiger partial charge in [0.1, 0.15) is 0 Å². The molecule has 0 amide bonds. The number of rotatable bonds is 4. The molecule has 1 atom stereocenters. The smallest absolute Gasteiger partial charge is 0.322 e. The van der Waals surface area contributed by atoms with Crippen molar-refractivity contribution in [3.63, 3.8) is 0 Å². The third kappa shape index (κ3) is 2.94. The number of aromatic nitrogens is 3. The Morgan fingerprint density at radius 3 is 3.00 bits per heavy atom. The van der Waals surface area contributed by atoms with E-state index >= 15 is 0 Å². The number of methoxy groups -OCH3 is 1. The van der Waals surface area contributed by atoms with E-state index in [-0.39, 0.29) is 6.01 Å². The van der Waals surface area contributed by atoms with E-state index < -0.39 is 0 Å². The van der Waals surface area contributed by atoms with Crippen molar-refractivity contribution in [3.8, 4) is 6.01 Å². The molecule has 0 bridgehead atoms. The maximum Gasteiger partial charge on any atom is 0.322 e. The standard InChI is InChI=1S/C10H18N6OS/c1-3-7-6-16(4-5-18-7)9-12-8(15-11)13-10(14-9)17-2/h7H,3-6,11H2,1-2H3,(H,12,13,14,15). The molecule has 2 heterocycles. The Balaban J connectivity index is 2.20. The lowest BCUT2D eigenvalue weighted by atomic mass is 10.3. The van der Waals surface area contributed by atoms with Crippen LogP contribution in [-0.2, 0) is 0 Å². The molecule has 1 fully saturated rings. The van der Waals surface area contributed by atoms with Crippen LogP contribution in [0.15, 0.2) is 0 Å². The maximum absolute atomic E-state index is 5.34. The van der Waals surface area contributed by atoms with Gasteiger partial charge < -0.3 is 9.64 Å². The van der Waals surface area contributed by atoms with Gasteiger partial charge in [0.2, 0.25) is 11.9 Å². The van der Waals surface area contributed by atoms with Gasteiger partial charge in [-0.2, -0.15) is 26.7 Å². The quantitative estimate of drug-likeness (QED) is 0.604. The van der Waals surface area contributed by atoms with E-state index in [2.05, 4.69) is 32.2 Å². The Morgan fingerprint density at radius 2 is 2.33 bits per heavy atom. The van der Waals surface area contributed by atoms with Crippen molar-refractivity contribution in [1.82, 2.24) is 15.0 Å². The van der Waals surface area contributed by atoms with Gasteiger partial charge >= 0.3 is 6.01 Å². The first-order chi connectivity index (χ1) is 8.76. The second kappa shape index (κ2) is 6.05. The minimum atomic E-state index is 0.277. The molecule has 0 spiro atoms. The fourth-order valence-corrected chi connectivity index (χ4v) is 2.97. The van der Waals surface area contributed by atoms with Crippen molar-refractivity contribution < 1.29 is 4.74 Å². The first kappa shape index (κ1) is 13.2. The molecule has 1 aromatic heterocycles. The zero-order valence-corrected chi connectivity index (χ0v) is 11.4. The lowest BCUT2D eigenvalue weighted by Crippen LogP contribution is -2.39. The first-order valence-electron chi connectivity index (χ1n) is 5.90. The average Bonchev–Trinajstić information content (AvgIpc) is 2.46. The largest absolute Gasteiger partial charge is 0.467 e. The Bertz CT molecular complexity index is 382. The fraction of sp³-hybridized carbons (Fsp3) is 0.700. The highest BCUT2D eigenvalue weighted by atomic mass is 32.2. The highest BCUT2D eigenvalue weighted by molar-refractivity contribution is 8.00. The molecular formula is C10H18N6OS. The van der Waals surface area contributed by atoms with Crippen LogP contribution >= 0.6 is 11.8 Å². The lowest BCUT2D eigenvalue weighted by Gasteiger charge is -2.31. The van der Waals surface area contributed by atoms with Gasteiger partial charge in [0, 0.05) is 24.1 Å². The number of hydrogen-bond acceptors (Lipinski definition) is 8. The third-order valence-corrected chi connectivity index (χ3v) is 4.16. The minimum Gasteiger partial charge on any atom is -0.467 e. The molecule has 0 aliphatic carbocycles. The van der Waals surface area contributed by atoms with Crippen molar-refractivity contribution in [2.24, 2.45) is 5.84 Å². The summed E-state index contributed by atoms with van der Waals surface area (Å²) >= 11 is 2.00. The molecule has 3 N–H and O–H groups in total. The number of hydrazine groups is 1. The van der Waals surface area contributed by atoms with E-state index in [1.807, 2.05) is 11.8 Å². The Morgan fingerprint density at radius 1 is 1.50 bits per heavy atom. The molecule has 1 unspecified atom stereocenters. The van der Waals surface area contributed by atoms with Crippen LogP contribution in [0.2, 0.25) is 0 Å². The number of nitrogens with two attached hydrogens (primary N) is 1.